The van der Waals surface area contributed by atoms with E-state index in [-0.39, 0.29) is 6.04 Å². The number of aromatic amines is 1. The van der Waals surface area contributed by atoms with Gasteiger partial charge in [0.2, 0.25) is 0 Å². The molecule has 3 rings (SSSR count). The average molecular weight is 228 g/mol. The van der Waals surface area contributed by atoms with Crippen LogP contribution in [0.15, 0.2) is 18.2 Å². The molecule has 1 unspecified atom stereocenters. The van der Waals surface area contributed by atoms with E-state index in [1.165, 1.54) is 40.6 Å². The van der Waals surface area contributed by atoms with Crippen LogP contribution >= 0.6 is 0 Å². The van der Waals surface area contributed by atoms with Crippen LogP contribution in [0.4, 0.5) is 0 Å². The first-order valence-corrected chi connectivity index (χ1v) is 6.58. The Morgan fingerprint density at radius 1 is 1.41 bits per heavy atom. The second-order valence-corrected chi connectivity index (χ2v) is 5.22. The van der Waals surface area contributed by atoms with E-state index >= 15 is 0 Å². The molecule has 3 N–H and O–H groups in total. The molecule has 1 aromatic carbocycles. The fourth-order valence-electron chi connectivity index (χ4n) is 2.84. The van der Waals surface area contributed by atoms with Crippen molar-refractivity contribution in [1.82, 2.24) is 4.98 Å². The van der Waals surface area contributed by atoms with Crippen LogP contribution in [-0.4, -0.2) is 4.98 Å². The van der Waals surface area contributed by atoms with Crippen molar-refractivity contribution in [2.45, 2.75) is 39.2 Å². The third kappa shape index (κ3) is 1.67. The number of rotatable bonds is 3. The minimum Gasteiger partial charge on any atom is -0.358 e. The number of hydrogen-bond acceptors (Lipinski definition) is 1. The Morgan fingerprint density at radius 3 is 2.82 bits per heavy atom. The Hall–Kier alpha value is -1.28. The van der Waals surface area contributed by atoms with Gasteiger partial charge in [-0.3, -0.25) is 0 Å². The molecule has 0 radical (unpaired) electrons. The normalized spacial score (nSPS) is 17.6. The lowest BCUT2D eigenvalue weighted by atomic mass is 9.98. The van der Waals surface area contributed by atoms with Gasteiger partial charge in [-0.2, -0.15) is 0 Å². The first-order valence-electron chi connectivity index (χ1n) is 6.58. The van der Waals surface area contributed by atoms with Crippen molar-refractivity contribution in [3.05, 3.63) is 35.0 Å². The van der Waals surface area contributed by atoms with Gasteiger partial charge in [0.05, 0.1) is 0 Å². The van der Waals surface area contributed by atoms with Crippen molar-refractivity contribution in [3.63, 3.8) is 0 Å². The van der Waals surface area contributed by atoms with E-state index in [1.54, 1.807) is 0 Å². The Morgan fingerprint density at radius 2 is 2.18 bits per heavy atom. The second kappa shape index (κ2) is 3.88. The van der Waals surface area contributed by atoms with Crippen LogP contribution in [0.1, 0.15) is 42.6 Å². The zero-order valence-electron chi connectivity index (χ0n) is 10.6. The highest BCUT2D eigenvalue weighted by atomic mass is 14.8. The van der Waals surface area contributed by atoms with E-state index in [0.717, 1.165) is 6.42 Å². The first-order chi connectivity index (χ1) is 8.22. The van der Waals surface area contributed by atoms with Gasteiger partial charge in [-0.05, 0) is 43.2 Å². The quantitative estimate of drug-likeness (QED) is 0.830. The van der Waals surface area contributed by atoms with Crippen molar-refractivity contribution in [1.29, 1.82) is 0 Å². The van der Waals surface area contributed by atoms with Crippen LogP contribution < -0.4 is 5.73 Å². The van der Waals surface area contributed by atoms with E-state index in [0.29, 0.717) is 5.92 Å². The van der Waals surface area contributed by atoms with Gasteiger partial charge >= 0.3 is 0 Å². The fourth-order valence-corrected chi connectivity index (χ4v) is 2.84. The zero-order valence-corrected chi connectivity index (χ0v) is 10.6. The maximum Gasteiger partial charge on any atom is 0.0491 e. The van der Waals surface area contributed by atoms with Crippen molar-refractivity contribution in [2.75, 3.05) is 0 Å². The third-order valence-electron chi connectivity index (χ3n) is 4.00. The highest BCUT2D eigenvalue weighted by molar-refractivity contribution is 5.88. The number of H-pyrrole nitrogens is 1. The molecule has 17 heavy (non-hydrogen) atoms. The molecule has 1 saturated carbocycles. The number of aryl methyl sites for hydroxylation is 2. The number of fused-ring (bicyclic) bond motifs is 1. The SMILES string of the molecule is CCc1cccc2c(C(N)C3CC3)c(C)[nH]c12. The predicted molar refractivity (Wildman–Crippen MR) is 72.1 cm³/mol. The molecule has 0 bridgehead atoms. The Bertz CT molecular complexity index is 549. The number of nitrogens with two attached hydrogens (primary N) is 1. The maximum absolute atomic E-state index is 6.38. The van der Waals surface area contributed by atoms with E-state index in [1.807, 2.05) is 0 Å². The first kappa shape index (κ1) is 10.8. The summed E-state index contributed by atoms with van der Waals surface area (Å²) in [6, 6.07) is 6.77. The molecule has 1 atom stereocenters. The molecule has 0 amide bonds. The Labute approximate surface area is 102 Å². The van der Waals surface area contributed by atoms with Crippen LogP contribution in [0.2, 0.25) is 0 Å². The van der Waals surface area contributed by atoms with Crippen LogP contribution in [0.5, 0.6) is 0 Å². The van der Waals surface area contributed by atoms with Crippen LogP contribution in [0, 0.1) is 12.8 Å². The molecular formula is C15H20N2. The average Bonchev–Trinajstić information content (AvgIpc) is 3.10. The number of aromatic nitrogens is 1. The largest absolute Gasteiger partial charge is 0.358 e. The summed E-state index contributed by atoms with van der Waals surface area (Å²) in [6.07, 6.45) is 3.65. The second-order valence-electron chi connectivity index (χ2n) is 5.22. The van der Waals surface area contributed by atoms with Gasteiger partial charge in [-0.1, -0.05) is 25.1 Å². The summed E-state index contributed by atoms with van der Waals surface area (Å²) in [5.74, 6) is 0.706. The topological polar surface area (TPSA) is 41.8 Å². The molecule has 1 aliphatic carbocycles. The predicted octanol–water partition coefficient (Wildman–Crippen LogP) is 3.45. The summed E-state index contributed by atoms with van der Waals surface area (Å²) in [6.45, 7) is 4.35. The molecule has 2 nitrogen and oxygen atoms in total. The molecule has 1 heterocycles. The summed E-state index contributed by atoms with van der Waals surface area (Å²) in [5.41, 5.74) is 11.7. The fraction of sp³-hybridized carbons (Fsp3) is 0.467. The third-order valence-corrected chi connectivity index (χ3v) is 4.00. The molecule has 1 aromatic heterocycles. The van der Waals surface area contributed by atoms with Gasteiger partial charge in [-0.15, -0.1) is 0 Å². The van der Waals surface area contributed by atoms with Gasteiger partial charge in [0.15, 0.2) is 0 Å². The lowest BCUT2D eigenvalue weighted by Gasteiger charge is -2.11. The van der Waals surface area contributed by atoms with Crippen molar-refractivity contribution in [2.24, 2.45) is 11.7 Å². The molecule has 0 spiro atoms. The zero-order chi connectivity index (χ0) is 12.0. The van der Waals surface area contributed by atoms with Crippen LogP contribution in [0.25, 0.3) is 10.9 Å². The van der Waals surface area contributed by atoms with Crippen LogP contribution in [0.3, 0.4) is 0 Å². The lowest BCUT2D eigenvalue weighted by molar-refractivity contribution is 0.634. The standard InChI is InChI=1S/C15H20N2/c1-3-10-5-4-6-12-13(9(2)17-15(10)12)14(16)11-7-8-11/h4-6,11,14,17H,3,7-8,16H2,1-2H3. The lowest BCUT2D eigenvalue weighted by Crippen LogP contribution is -2.13. The highest BCUT2D eigenvalue weighted by Gasteiger charge is 2.32. The van der Waals surface area contributed by atoms with Gasteiger partial charge in [0, 0.05) is 22.6 Å². The molecule has 0 saturated heterocycles. The molecule has 1 aliphatic rings. The van der Waals surface area contributed by atoms with Gasteiger partial charge in [0.25, 0.3) is 0 Å². The summed E-state index contributed by atoms with van der Waals surface area (Å²) in [7, 11) is 0. The minimum absolute atomic E-state index is 0.218. The number of para-hydroxylation sites is 1. The molecule has 0 aliphatic heterocycles. The molecular weight excluding hydrogens is 208 g/mol. The van der Waals surface area contributed by atoms with Crippen molar-refractivity contribution in [3.8, 4) is 0 Å². The summed E-state index contributed by atoms with van der Waals surface area (Å²) >= 11 is 0. The minimum atomic E-state index is 0.218. The Kier molecular flexibility index (Phi) is 2.48. The molecule has 2 heteroatoms. The number of hydrogen-bond donors (Lipinski definition) is 2. The summed E-state index contributed by atoms with van der Waals surface area (Å²) in [5, 5.41) is 1.33. The van der Waals surface area contributed by atoms with Gasteiger partial charge < -0.3 is 10.7 Å². The van der Waals surface area contributed by atoms with E-state index in [2.05, 4.69) is 37.0 Å². The Balaban J connectivity index is 2.20. The maximum atomic E-state index is 6.38. The van der Waals surface area contributed by atoms with Crippen LogP contribution in [-0.2, 0) is 6.42 Å². The smallest absolute Gasteiger partial charge is 0.0491 e. The van der Waals surface area contributed by atoms with E-state index < -0.39 is 0 Å². The van der Waals surface area contributed by atoms with Gasteiger partial charge in [0.1, 0.15) is 0 Å². The molecule has 90 valence electrons. The summed E-state index contributed by atoms with van der Waals surface area (Å²) in [4.78, 5) is 3.53. The summed E-state index contributed by atoms with van der Waals surface area (Å²) < 4.78 is 0. The number of benzene rings is 1. The monoisotopic (exact) mass is 228 g/mol. The van der Waals surface area contributed by atoms with Gasteiger partial charge in [-0.25, -0.2) is 0 Å². The van der Waals surface area contributed by atoms with E-state index in [4.69, 9.17) is 5.73 Å². The van der Waals surface area contributed by atoms with Crippen molar-refractivity contribution >= 4 is 10.9 Å². The van der Waals surface area contributed by atoms with Crippen molar-refractivity contribution < 1.29 is 0 Å². The number of nitrogens with one attached hydrogen (secondary N) is 1. The molecule has 1 fully saturated rings. The molecule has 2 aromatic rings. The highest BCUT2D eigenvalue weighted by Crippen LogP contribution is 2.42. The van der Waals surface area contributed by atoms with E-state index in [9.17, 15) is 0 Å².